The largest absolute Gasteiger partial charge is 0.445 e. The molecule has 202 valence electrons. The molecule has 2 aromatic carbocycles. The number of H-pyrrole nitrogens is 1. The van der Waals surface area contributed by atoms with Crippen molar-refractivity contribution in [2.45, 2.75) is 77.0 Å². The second kappa shape index (κ2) is 12.7. The second-order valence-corrected chi connectivity index (χ2v) is 9.94. The van der Waals surface area contributed by atoms with Crippen LogP contribution in [0.4, 0.5) is 9.18 Å². The average molecular weight is 523 g/mol. The van der Waals surface area contributed by atoms with Crippen LogP contribution in [0.5, 0.6) is 0 Å². The minimum absolute atomic E-state index is 0.00948. The molecule has 1 aliphatic rings. The van der Waals surface area contributed by atoms with Crippen LogP contribution in [0, 0.1) is 5.82 Å². The van der Waals surface area contributed by atoms with Crippen LogP contribution in [-0.4, -0.2) is 51.3 Å². The van der Waals surface area contributed by atoms with Crippen molar-refractivity contribution in [2.75, 3.05) is 6.54 Å². The highest BCUT2D eigenvalue weighted by molar-refractivity contribution is 5.92. The number of piperidine rings is 1. The van der Waals surface area contributed by atoms with Gasteiger partial charge in [-0.05, 0) is 43.4 Å². The van der Waals surface area contributed by atoms with Crippen LogP contribution < -0.4 is 5.32 Å². The molecule has 2 amide bonds. The van der Waals surface area contributed by atoms with E-state index in [1.165, 1.54) is 6.07 Å². The summed E-state index contributed by atoms with van der Waals surface area (Å²) in [6, 6.07) is 13.0. The molecule has 8 nitrogen and oxygen atoms in total. The number of nitrogens with one attached hydrogen (secondary N) is 2. The maximum Gasteiger partial charge on any atom is 0.408 e. The molecule has 38 heavy (non-hydrogen) atoms. The Morgan fingerprint density at radius 1 is 1.13 bits per heavy atom. The third kappa shape index (κ3) is 6.76. The Labute approximate surface area is 222 Å². The normalized spacial score (nSPS) is 17.1. The lowest BCUT2D eigenvalue weighted by molar-refractivity contribution is -0.137. The quantitative estimate of drug-likeness (QED) is 0.379. The van der Waals surface area contributed by atoms with Crippen LogP contribution in [0.25, 0.3) is 11.0 Å². The number of carbonyl (C=O) groups is 3. The SMILES string of the molecule is CC[C@H]1CCCCN1C(=O)C[C@H](NC(=O)OCc1ccccc1)C(=O)C[C@@H](C)c1nc2c(F)cccc2[nH]1. The Morgan fingerprint density at radius 2 is 1.92 bits per heavy atom. The molecule has 9 heteroatoms. The maximum absolute atomic E-state index is 14.1. The van der Waals surface area contributed by atoms with E-state index in [4.69, 9.17) is 4.74 Å². The summed E-state index contributed by atoms with van der Waals surface area (Å²) >= 11 is 0. The molecule has 0 bridgehead atoms. The minimum atomic E-state index is -1.05. The second-order valence-electron chi connectivity index (χ2n) is 9.94. The lowest BCUT2D eigenvalue weighted by Gasteiger charge is -2.36. The number of ether oxygens (including phenoxy) is 1. The van der Waals surface area contributed by atoms with Crippen molar-refractivity contribution in [1.82, 2.24) is 20.2 Å². The van der Waals surface area contributed by atoms with Crippen molar-refractivity contribution in [3.63, 3.8) is 0 Å². The number of imidazole rings is 1. The monoisotopic (exact) mass is 522 g/mol. The number of hydrogen-bond donors (Lipinski definition) is 2. The highest BCUT2D eigenvalue weighted by Gasteiger charge is 2.32. The molecule has 1 aromatic heterocycles. The fraction of sp³-hybridized carbons (Fsp3) is 0.448. The van der Waals surface area contributed by atoms with Crippen LogP contribution in [0.2, 0.25) is 0 Å². The first-order valence-corrected chi connectivity index (χ1v) is 13.3. The Morgan fingerprint density at radius 3 is 2.66 bits per heavy atom. The predicted molar refractivity (Wildman–Crippen MR) is 142 cm³/mol. The van der Waals surface area contributed by atoms with Crippen molar-refractivity contribution < 1.29 is 23.5 Å². The van der Waals surface area contributed by atoms with Crippen LogP contribution in [0.1, 0.15) is 69.7 Å². The van der Waals surface area contributed by atoms with Gasteiger partial charge in [0.2, 0.25) is 5.91 Å². The number of aromatic nitrogens is 2. The Balaban J connectivity index is 1.46. The molecule has 0 spiro atoms. The molecule has 4 rings (SSSR count). The van der Waals surface area contributed by atoms with E-state index >= 15 is 0 Å². The Hall–Kier alpha value is -3.75. The number of aromatic amines is 1. The van der Waals surface area contributed by atoms with Gasteiger partial charge in [0.15, 0.2) is 11.6 Å². The molecule has 2 N–H and O–H groups in total. The zero-order valence-electron chi connectivity index (χ0n) is 21.9. The summed E-state index contributed by atoms with van der Waals surface area (Å²) in [5, 5.41) is 2.63. The lowest BCUT2D eigenvalue weighted by atomic mass is 9.95. The molecule has 1 aliphatic heterocycles. The zero-order valence-corrected chi connectivity index (χ0v) is 21.9. The van der Waals surface area contributed by atoms with E-state index in [9.17, 15) is 18.8 Å². The van der Waals surface area contributed by atoms with Gasteiger partial charge >= 0.3 is 6.09 Å². The fourth-order valence-electron chi connectivity index (χ4n) is 4.99. The number of halogens is 1. The summed E-state index contributed by atoms with van der Waals surface area (Å²) in [5.41, 5.74) is 1.57. The van der Waals surface area contributed by atoms with Crippen molar-refractivity contribution in [3.05, 3.63) is 65.7 Å². The number of Topliss-reactive ketones (excluding diaryl/α,β-unsaturated/α-hetero) is 1. The van der Waals surface area contributed by atoms with Gasteiger partial charge in [0.25, 0.3) is 0 Å². The summed E-state index contributed by atoms with van der Waals surface area (Å²) in [5.74, 6) is -0.822. The number of rotatable bonds is 10. The van der Waals surface area contributed by atoms with Gasteiger partial charge in [0.05, 0.1) is 18.0 Å². The first kappa shape index (κ1) is 27.3. The summed E-state index contributed by atoms with van der Waals surface area (Å²) in [6.07, 6.45) is 2.89. The van der Waals surface area contributed by atoms with E-state index in [-0.39, 0.29) is 48.6 Å². The van der Waals surface area contributed by atoms with Crippen molar-refractivity contribution in [3.8, 4) is 0 Å². The molecule has 0 radical (unpaired) electrons. The van der Waals surface area contributed by atoms with Gasteiger partial charge < -0.3 is 19.9 Å². The number of para-hydroxylation sites is 1. The van der Waals surface area contributed by atoms with E-state index in [0.717, 1.165) is 31.2 Å². The van der Waals surface area contributed by atoms with Crippen molar-refractivity contribution >= 4 is 28.8 Å². The number of nitrogens with zero attached hydrogens (tertiary/aromatic N) is 2. The van der Waals surface area contributed by atoms with Gasteiger partial charge in [0, 0.05) is 24.9 Å². The van der Waals surface area contributed by atoms with Crippen LogP contribution in [0.3, 0.4) is 0 Å². The topological polar surface area (TPSA) is 104 Å². The molecule has 3 aromatic rings. The first-order chi connectivity index (χ1) is 18.4. The van der Waals surface area contributed by atoms with E-state index in [1.54, 1.807) is 19.1 Å². The molecule has 1 saturated heterocycles. The third-order valence-corrected chi connectivity index (χ3v) is 7.15. The van der Waals surface area contributed by atoms with Crippen molar-refractivity contribution in [2.24, 2.45) is 0 Å². The highest BCUT2D eigenvalue weighted by atomic mass is 19.1. The van der Waals surface area contributed by atoms with E-state index in [2.05, 4.69) is 22.2 Å². The number of ketones is 1. The number of alkyl carbamates (subject to hydrolysis) is 1. The molecule has 1 fully saturated rings. The lowest BCUT2D eigenvalue weighted by Crippen LogP contribution is -2.49. The Bertz CT molecular complexity index is 1260. The van der Waals surface area contributed by atoms with Crippen LogP contribution in [-0.2, 0) is 20.9 Å². The van der Waals surface area contributed by atoms with Crippen LogP contribution in [0.15, 0.2) is 48.5 Å². The highest BCUT2D eigenvalue weighted by Crippen LogP contribution is 2.24. The van der Waals surface area contributed by atoms with Gasteiger partial charge in [-0.15, -0.1) is 0 Å². The summed E-state index contributed by atoms with van der Waals surface area (Å²) in [4.78, 5) is 48.6. The number of likely N-dealkylation sites (tertiary alicyclic amines) is 1. The van der Waals surface area contributed by atoms with Crippen molar-refractivity contribution in [1.29, 1.82) is 0 Å². The van der Waals surface area contributed by atoms with E-state index in [1.807, 2.05) is 35.2 Å². The Kier molecular flexibility index (Phi) is 9.10. The van der Waals surface area contributed by atoms with E-state index in [0.29, 0.717) is 17.9 Å². The summed E-state index contributed by atoms with van der Waals surface area (Å²) in [6.45, 7) is 4.55. The van der Waals surface area contributed by atoms with Gasteiger partial charge in [-0.3, -0.25) is 9.59 Å². The standard InChI is InChI=1S/C29H35FN4O4/c1-3-21-12-7-8-15-34(21)26(36)17-24(32-29(37)38-18-20-10-5-4-6-11-20)25(35)16-19(2)28-31-23-14-9-13-22(30)27(23)33-28/h4-6,9-11,13-14,19,21,24H,3,7-8,12,15-18H2,1-2H3,(H,31,33)(H,32,37)/t19-,21+,24+/m1/s1. The predicted octanol–water partition coefficient (Wildman–Crippen LogP) is 5.24. The van der Waals surface area contributed by atoms with Gasteiger partial charge in [0.1, 0.15) is 17.9 Å². The van der Waals surface area contributed by atoms with Crippen LogP contribution >= 0.6 is 0 Å². The molecule has 0 unspecified atom stereocenters. The molecular formula is C29H35FN4O4. The number of carbonyl (C=O) groups excluding carboxylic acids is 3. The minimum Gasteiger partial charge on any atom is -0.445 e. The summed E-state index contributed by atoms with van der Waals surface area (Å²) in [7, 11) is 0. The molecular weight excluding hydrogens is 487 g/mol. The number of hydrogen-bond acceptors (Lipinski definition) is 5. The zero-order chi connectivity index (χ0) is 27.1. The maximum atomic E-state index is 14.1. The van der Waals surface area contributed by atoms with Gasteiger partial charge in [-0.1, -0.05) is 50.2 Å². The third-order valence-electron chi connectivity index (χ3n) is 7.15. The summed E-state index contributed by atoms with van der Waals surface area (Å²) < 4.78 is 19.5. The number of amides is 2. The molecule has 0 saturated carbocycles. The average Bonchev–Trinajstić information content (AvgIpc) is 3.38. The smallest absolute Gasteiger partial charge is 0.408 e. The first-order valence-electron chi connectivity index (χ1n) is 13.3. The molecule has 2 heterocycles. The van der Waals surface area contributed by atoms with Gasteiger partial charge in [-0.2, -0.15) is 0 Å². The van der Waals surface area contributed by atoms with E-state index < -0.39 is 18.0 Å². The number of fused-ring (bicyclic) bond motifs is 1. The molecule has 3 atom stereocenters. The number of benzene rings is 2. The van der Waals surface area contributed by atoms with Gasteiger partial charge in [-0.25, -0.2) is 14.2 Å². The molecule has 0 aliphatic carbocycles. The fourth-order valence-corrected chi connectivity index (χ4v) is 4.99.